The number of ether oxygens (including phenoxy) is 2. The van der Waals surface area contributed by atoms with E-state index in [4.69, 9.17) is 4.74 Å². The van der Waals surface area contributed by atoms with Crippen molar-refractivity contribution in [3.8, 4) is 0 Å². The molecule has 0 aromatic rings. The van der Waals surface area contributed by atoms with E-state index < -0.39 is 5.60 Å². The molecule has 0 spiro atoms. The zero-order valence-electron chi connectivity index (χ0n) is 10.9. The lowest BCUT2D eigenvalue weighted by molar-refractivity contribution is -0.146. The van der Waals surface area contributed by atoms with E-state index >= 15 is 0 Å². The lowest BCUT2D eigenvalue weighted by Crippen LogP contribution is -2.49. The number of hydrogen-bond donors (Lipinski definition) is 1. The van der Waals surface area contributed by atoms with Crippen molar-refractivity contribution in [3.63, 3.8) is 0 Å². The van der Waals surface area contributed by atoms with E-state index in [1.165, 1.54) is 7.11 Å². The molecule has 1 N–H and O–H groups in total. The zero-order chi connectivity index (χ0) is 12.9. The number of aliphatic hydroxyl groups is 1. The van der Waals surface area contributed by atoms with E-state index in [0.717, 1.165) is 6.54 Å². The highest BCUT2D eigenvalue weighted by atomic mass is 16.5. The fourth-order valence-corrected chi connectivity index (χ4v) is 1.91. The SMILES string of the molecule is CCC(C)(O)CN1CCOC(CC(=O)OC)C1. The summed E-state index contributed by atoms with van der Waals surface area (Å²) in [6, 6.07) is 0. The molecule has 5 nitrogen and oxygen atoms in total. The second-order valence-corrected chi connectivity index (χ2v) is 4.86. The smallest absolute Gasteiger partial charge is 0.308 e. The van der Waals surface area contributed by atoms with Crippen molar-refractivity contribution in [2.75, 3.05) is 33.4 Å². The molecule has 0 aromatic carbocycles. The Morgan fingerprint density at radius 2 is 2.35 bits per heavy atom. The van der Waals surface area contributed by atoms with Crippen molar-refractivity contribution >= 4 is 5.97 Å². The zero-order valence-corrected chi connectivity index (χ0v) is 10.9. The number of hydrogen-bond acceptors (Lipinski definition) is 5. The highest BCUT2D eigenvalue weighted by Crippen LogP contribution is 2.15. The van der Waals surface area contributed by atoms with Crippen molar-refractivity contribution in [1.29, 1.82) is 0 Å². The van der Waals surface area contributed by atoms with Gasteiger partial charge >= 0.3 is 5.97 Å². The Morgan fingerprint density at radius 1 is 1.65 bits per heavy atom. The minimum atomic E-state index is -0.673. The van der Waals surface area contributed by atoms with Gasteiger partial charge in [0.1, 0.15) is 0 Å². The van der Waals surface area contributed by atoms with Gasteiger partial charge in [-0.25, -0.2) is 0 Å². The summed E-state index contributed by atoms with van der Waals surface area (Å²) in [6.07, 6.45) is 0.872. The molecule has 0 bridgehead atoms. The molecule has 1 fully saturated rings. The fourth-order valence-electron chi connectivity index (χ4n) is 1.91. The maximum Gasteiger partial charge on any atom is 0.308 e. The van der Waals surface area contributed by atoms with Crippen molar-refractivity contribution in [2.24, 2.45) is 0 Å². The number of nitrogens with zero attached hydrogens (tertiary/aromatic N) is 1. The highest BCUT2D eigenvalue weighted by Gasteiger charge is 2.28. The quantitative estimate of drug-likeness (QED) is 0.711. The first kappa shape index (κ1) is 14.4. The van der Waals surface area contributed by atoms with Gasteiger partial charge in [-0.3, -0.25) is 9.69 Å². The average molecular weight is 245 g/mol. The van der Waals surface area contributed by atoms with Gasteiger partial charge in [0.15, 0.2) is 0 Å². The van der Waals surface area contributed by atoms with Gasteiger partial charge in [-0.15, -0.1) is 0 Å². The van der Waals surface area contributed by atoms with Crippen LogP contribution in [0, 0.1) is 0 Å². The Kier molecular flexibility index (Phi) is 5.36. The van der Waals surface area contributed by atoms with Gasteiger partial charge in [0.25, 0.3) is 0 Å². The second-order valence-electron chi connectivity index (χ2n) is 4.86. The van der Waals surface area contributed by atoms with Crippen LogP contribution in [-0.2, 0) is 14.3 Å². The van der Waals surface area contributed by atoms with Crippen molar-refractivity contribution in [3.05, 3.63) is 0 Å². The highest BCUT2D eigenvalue weighted by molar-refractivity contribution is 5.69. The molecule has 0 amide bonds. The molecule has 1 aliphatic rings. The van der Waals surface area contributed by atoms with Crippen LogP contribution in [0.4, 0.5) is 0 Å². The minimum absolute atomic E-state index is 0.121. The van der Waals surface area contributed by atoms with E-state index in [9.17, 15) is 9.90 Å². The fraction of sp³-hybridized carbons (Fsp3) is 0.917. The van der Waals surface area contributed by atoms with Crippen LogP contribution >= 0.6 is 0 Å². The minimum Gasteiger partial charge on any atom is -0.469 e. The van der Waals surface area contributed by atoms with Gasteiger partial charge < -0.3 is 14.6 Å². The summed E-state index contributed by atoms with van der Waals surface area (Å²) in [4.78, 5) is 13.3. The third-order valence-corrected chi connectivity index (χ3v) is 3.17. The van der Waals surface area contributed by atoms with Gasteiger partial charge in [-0.1, -0.05) is 6.92 Å². The molecule has 0 radical (unpaired) electrons. The third kappa shape index (κ3) is 5.02. The number of esters is 1. The number of morpholine rings is 1. The van der Waals surface area contributed by atoms with E-state index in [1.54, 1.807) is 0 Å². The van der Waals surface area contributed by atoms with Gasteiger partial charge in [0.05, 0.1) is 31.8 Å². The maximum atomic E-state index is 11.2. The van der Waals surface area contributed by atoms with E-state index in [-0.39, 0.29) is 18.5 Å². The van der Waals surface area contributed by atoms with Crippen molar-refractivity contribution in [2.45, 2.75) is 38.4 Å². The standard InChI is InChI=1S/C12H23NO4/c1-4-12(2,15)9-13-5-6-17-10(8-13)7-11(14)16-3/h10,15H,4-9H2,1-3H3. The first-order chi connectivity index (χ1) is 7.96. The topological polar surface area (TPSA) is 59.0 Å². The first-order valence-corrected chi connectivity index (χ1v) is 6.10. The number of methoxy groups -OCH3 is 1. The Hall–Kier alpha value is -0.650. The van der Waals surface area contributed by atoms with Crippen LogP contribution in [0.25, 0.3) is 0 Å². The second kappa shape index (κ2) is 6.33. The predicted molar refractivity (Wildman–Crippen MR) is 63.7 cm³/mol. The summed E-state index contributed by atoms with van der Waals surface area (Å²) >= 11 is 0. The Bertz CT molecular complexity index is 255. The molecular formula is C12H23NO4. The van der Waals surface area contributed by atoms with Crippen LogP contribution in [0.5, 0.6) is 0 Å². The van der Waals surface area contributed by atoms with E-state index in [1.807, 2.05) is 13.8 Å². The molecule has 0 aromatic heterocycles. The van der Waals surface area contributed by atoms with Gasteiger partial charge in [0, 0.05) is 19.6 Å². The number of carbonyl (C=O) groups excluding carboxylic acids is 1. The molecule has 1 rings (SSSR count). The van der Waals surface area contributed by atoms with Crippen LogP contribution in [0.3, 0.4) is 0 Å². The number of rotatable bonds is 5. The molecule has 1 saturated heterocycles. The van der Waals surface area contributed by atoms with Gasteiger partial charge in [-0.2, -0.15) is 0 Å². The average Bonchev–Trinajstić information content (AvgIpc) is 2.29. The van der Waals surface area contributed by atoms with E-state index in [2.05, 4.69) is 9.64 Å². The molecule has 2 atom stereocenters. The summed E-state index contributed by atoms with van der Waals surface area (Å²) < 4.78 is 10.1. The maximum absolute atomic E-state index is 11.2. The Balaban J connectivity index is 2.41. The predicted octanol–water partition coefficient (Wildman–Crippen LogP) is 0.411. The van der Waals surface area contributed by atoms with Crippen molar-refractivity contribution in [1.82, 2.24) is 4.90 Å². The number of carbonyl (C=O) groups is 1. The van der Waals surface area contributed by atoms with Crippen LogP contribution < -0.4 is 0 Å². The molecular weight excluding hydrogens is 222 g/mol. The van der Waals surface area contributed by atoms with Crippen LogP contribution in [0.1, 0.15) is 26.7 Å². The monoisotopic (exact) mass is 245 g/mol. The molecule has 17 heavy (non-hydrogen) atoms. The first-order valence-electron chi connectivity index (χ1n) is 6.10. The lowest BCUT2D eigenvalue weighted by Gasteiger charge is -2.36. The molecule has 2 unspecified atom stereocenters. The number of β-amino-alcohol motifs (C(OH)–C–C–N with tert-alkyl or cyclic N) is 1. The Labute approximate surface area is 103 Å². The molecule has 1 aliphatic heterocycles. The van der Waals surface area contributed by atoms with Gasteiger partial charge in [0.2, 0.25) is 0 Å². The van der Waals surface area contributed by atoms with E-state index in [0.29, 0.717) is 26.1 Å². The molecule has 0 aliphatic carbocycles. The van der Waals surface area contributed by atoms with Crippen LogP contribution in [0.15, 0.2) is 0 Å². The normalized spacial score (nSPS) is 25.3. The summed E-state index contributed by atoms with van der Waals surface area (Å²) in [5, 5.41) is 10.0. The van der Waals surface area contributed by atoms with Gasteiger partial charge in [-0.05, 0) is 13.3 Å². The molecule has 5 heteroatoms. The largest absolute Gasteiger partial charge is 0.469 e. The Morgan fingerprint density at radius 3 is 2.94 bits per heavy atom. The summed E-state index contributed by atoms with van der Waals surface area (Å²) in [5.74, 6) is -0.251. The molecule has 100 valence electrons. The third-order valence-electron chi connectivity index (χ3n) is 3.17. The lowest BCUT2D eigenvalue weighted by atomic mass is 10.0. The molecule has 1 heterocycles. The van der Waals surface area contributed by atoms with Crippen LogP contribution in [-0.4, -0.2) is 61.0 Å². The summed E-state index contributed by atoms with van der Waals surface area (Å²) in [5.41, 5.74) is -0.673. The molecule has 0 saturated carbocycles. The van der Waals surface area contributed by atoms with Crippen molar-refractivity contribution < 1.29 is 19.4 Å². The summed E-state index contributed by atoms with van der Waals surface area (Å²) in [6.45, 7) is 6.48. The summed E-state index contributed by atoms with van der Waals surface area (Å²) in [7, 11) is 1.38. The van der Waals surface area contributed by atoms with Crippen LogP contribution in [0.2, 0.25) is 0 Å².